The van der Waals surface area contributed by atoms with Gasteiger partial charge < -0.3 is 4.74 Å². The van der Waals surface area contributed by atoms with Crippen molar-refractivity contribution in [1.82, 2.24) is 4.98 Å². The van der Waals surface area contributed by atoms with E-state index < -0.39 is 12.4 Å². The van der Waals surface area contributed by atoms with Gasteiger partial charge in [-0.2, -0.15) is 0 Å². The van der Waals surface area contributed by atoms with Crippen LogP contribution in [0.25, 0.3) is 0 Å². The van der Waals surface area contributed by atoms with Crippen molar-refractivity contribution in [2.24, 2.45) is 0 Å². The summed E-state index contributed by atoms with van der Waals surface area (Å²) in [7, 11) is 1.20. The van der Waals surface area contributed by atoms with Crippen LogP contribution in [0.1, 0.15) is 23.2 Å². The molecule has 1 aromatic rings. The standard InChI is InChI=1S/C10H10BrF2NO2/c1-5-6(11)4-14-7(3-8(15)16-2)9(5)10(12)13/h4,10H,3H2,1-2H3. The van der Waals surface area contributed by atoms with Gasteiger partial charge in [0, 0.05) is 16.2 Å². The summed E-state index contributed by atoms with van der Waals surface area (Å²) >= 11 is 3.12. The molecule has 0 bridgehead atoms. The summed E-state index contributed by atoms with van der Waals surface area (Å²) in [6.07, 6.45) is -1.51. The van der Waals surface area contributed by atoms with Crippen LogP contribution >= 0.6 is 15.9 Å². The van der Waals surface area contributed by atoms with Gasteiger partial charge in [0.15, 0.2) is 0 Å². The molecule has 0 saturated carbocycles. The molecule has 16 heavy (non-hydrogen) atoms. The van der Waals surface area contributed by atoms with Crippen LogP contribution in [0.5, 0.6) is 0 Å². The fraction of sp³-hybridized carbons (Fsp3) is 0.400. The number of methoxy groups -OCH3 is 1. The molecule has 1 heterocycles. The molecule has 0 aromatic carbocycles. The number of alkyl halides is 2. The SMILES string of the molecule is COC(=O)Cc1ncc(Br)c(C)c1C(F)F. The van der Waals surface area contributed by atoms with Crippen molar-refractivity contribution in [3.8, 4) is 0 Å². The van der Waals surface area contributed by atoms with Gasteiger partial charge in [0.1, 0.15) is 0 Å². The highest BCUT2D eigenvalue weighted by molar-refractivity contribution is 9.10. The fourth-order valence-corrected chi connectivity index (χ4v) is 1.60. The van der Waals surface area contributed by atoms with E-state index >= 15 is 0 Å². The van der Waals surface area contributed by atoms with Crippen molar-refractivity contribution in [3.63, 3.8) is 0 Å². The maximum atomic E-state index is 12.8. The summed E-state index contributed by atoms with van der Waals surface area (Å²) in [5.74, 6) is -0.587. The molecule has 0 radical (unpaired) electrons. The van der Waals surface area contributed by atoms with Crippen LogP contribution in [0.2, 0.25) is 0 Å². The molecule has 0 atom stereocenters. The summed E-state index contributed by atoms with van der Waals surface area (Å²) < 4.78 is 30.5. The summed E-state index contributed by atoms with van der Waals surface area (Å²) in [6, 6.07) is 0. The number of hydrogen-bond donors (Lipinski definition) is 0. The lowest BCUT2D eigenvalue weighted by atomic mass is 10.1. The third-order valence-corrected chi connectivity index (χ3v) is 2.96. The quantitative estimate of drug-likeness (QED) is 0.805. The molecule has 1 rings (SSSR count). The van der Waals surface area contributed by atoms with E-state index in [1.54, 1.807) is 6.92 Å². The Kier molecular flexibility index (Phi) is 4.35. The minimum Gasteiger partial charge on any atom is -0.469 e. The number of carbonyl (C=O) groups is 1. The summed E-state index contributed by atoms with van der Waals surface area (Å²) in [6.45, 7) is 1.55. The zero-order chi connectivity index (χ0) is 12.3. The lowest BCUT2D eigenvalue weighted by Crippen LogP contribution is -2.10. The average molecular weight is 294 g/mol. The van der Waals surface area contributed by atoms with Gasteiger partial charge in [-0.05, 0) is 28.4 Å². The predicted octanol–water partition coefficient (Wildman–Crippen LogP) is 2.81. The Morgan fingerprint density at radius 2 is 2.25 bits per heavy atom. The van der Waals surface area contributed by atoms with Crippen molar-refractivity contribution in [2.75, 3.05) is 7.11 Å². The topological polar surface area (TPSA) is 39.2 Å². The van der Waals surface area contributed by atoms with Crippen LogP contribution in [0, 0.1) is 6.92 Å². The number of rotatable bonds is 3. The maximum absolute atomic E-state index is 12.8. The Balaban J connectivity index is 3.18. The molecular weight excluding hydrogens is 284 g/mol. The molecule has 0 amide bonds. The third kappa shape index (κ3) is 2.75. The molecule has 1 aromatic heterocycles. The molecule has 88 valence electrons. The van der Waals surface area contributed by atoms with Crippen LogP contribution in [0.15, 0.2) is 10.7 Å². The summed E-state index contributed by atoms with van der Waals surface area (Å²) in [4.78, 5) is 14.9. The summed E-state index contributed by atoms with van der Waals surface area (Å²) in [5.41, 5.74) is 0.242. The van der Waals surface area contributed by atoms with E-state index in [1.165, 1.54) is 13.3 Å². The van der Waals surface area contributed by atoms with E-state index in [9.17, 15) is 13.6 Å². The minimum absolute atomic E-state index is 0.0579. The second kappa shape index (κ2) is 5.34. The number of nitrogens with zero attached hydrogens (tertiary/aromatic N) is 1. The molecule has 0 saturated heterocycles. The summed E-state index contributed by atoms with van der Waals surface area (Å²) in [5, 5.41) is 0. The molecular formula is C10H10BrF2NO2. The van der Waals surface area contributed by atoms with Crippen LogP contribution < -0.4 is 0 Å². The average Bonchev–Trinajstić information content (AvgIpc) is 2.23. The van der Waals surface area contributed by atoms with Crippen molar-refractivity contribution in [1.29, 1.82) is 0 Å². The first-order chi connectivity index (χ1) is 7.47. The van der Waals surface area contributed by atoms with Gasteiger partial charge in [-0.25, -0.2) is 8.78 Å². The number of halogens is 3. The van der Waals surface area contributed by atoms with Gasteiger partial charge in [0.25, 0.3) is 6.43 Å². The first kappa shape index (κ1) is 13.0. The molecule has 6 heteroatoms. The number of carbonyl (C=O) groups excluding carboxylic acids is 1. The molecule has 3 nitrogen and oxygen atoms in total. The predicted molar refractivity (Wildman–Crippen MR) is 57.4 cm³/mol. The first-order valence-electron chi connectivity index (χ1n) is 4.46. The van der Waals surface area contributed by atoms with Crippen LogP contribution in [-0.4, -0.2) is 18.1 Å². The highest BCUT2D eigenvalue weighted by Crippen LogP contribution is 2.30. The van der Waals surface area contributed by atoms with E-state index in [2.05, 4.69) is 25.7 Å². The fourth-order valence-electron chi connectivity index (χ4n) is 1.29. The zero-order valence-electron chi connectivity index (χ0n) is 8.76. The highest BCUT2D eigenvalue weighted by Gasteiger charge is 2.20. The Hall–Kier alpha value is -1.04. The number of aromatic nitrogens is 1. The number of pyridine rings is 1. The Labute approximate surface area is 99.9 Å². The van der Waals surface area contributed by atoms with Crippen molar-refractivity contribution in [3.05, 3.63) is 27.5 Å². The lowest BCUT2D eigenvalue weighted by molar-refractivity contribution is -0.139. The van der Waals surface area contributed by atoms with Crippen LogP contribution in [0.4, 0.5) is 8.78 Å². The largest absolute Gasteiger partial charge is 0.469 e. The molecule has 0 aliphatic heterocycles. The Morgan fingerprint density at radius 1 is 1.62 bits per heavy atom. The van der Waals surface area contributed by atoms with E-state index in [4.69, 9.17) is 0 Å². The third-order valence-electron chi connectivity index (χ3n) is 2.16. The van der Waals surface area contributed by atoms with Crippen LogP contribution in [-0.2, 0) is 16.0 Å². The Morgan fingerprint density at radius 3 is 2.75 bits per heavy atom. The second-order valence-electron chi connectivity index (χ2n) is 3.15. The van der Waals surface area contributed by atoms with Gasteiger partial charge >= 0.3 is 5.97 Å². The normalized spacial score (nSPS) is 10.6. The molecule has 0 N–H and O–H groups in total. The van der Waals surface area contributed by atoms with Crippen molar-refractivity contribution < 1.29 is 18.3 Å². The highest BCUT2D eigenvalue weighted by atomic mass is 79.9. The number of ether oxygens (including phenoxy) is 1. The molecule has 0 unspecified atom stereocenters. The molecule has 0 spiro atoms. The van der Waals surface area contributed by atoms with Gasteiger partial charge in [-0.15, -0.1) is 0 Å². The maximum Gasteiger partial charge on any atom is 0.311 e. The lowest BCUT2D eigenvalue weighted by Gasteiger charge is -2.11. The van der Waals surface area contributed by atoms with E-state index in [0.717, 1.165) is 0 Å². The minimum atomic E-state index is -2.66. The molecule has 0 fully saturated rings. The van der Waals surface area contributed by atoms with Gasteiger partial charge in [0.05, 0.1) is 19.2 Å². The second-order valence-corrected chi connectivity index (χ2v) is 4.00. The van der Waals surface area contributed by atoms with Crippen LogP contribution in [0.3, 0.4) is 0 Å². The number of hydrogen-bond acceptors (Lipinski definition) is 3. The van der Waals surface area contributed by atoms with E-state index in [1.807, 2.05) is 0 Å². The molecule has 0 aliphatic rings. The zero-order valence-corrected chi connectivity index (χ0v) is 10.3. The van der Waals surface area contributed by atoms with Gasteiger partial charge in [0.2, 0.25) is 0 Å². The van der Waals surface area contributed by atoms with E-state index in [0.29, 0.717) is 10.0 Å². The van der Waals surface area contributed by atoms with E-state index in [-0.39, 0.29) is 17.7 Å². The van der Waals surface area contributed by atoms with Gasteiger partial charge in [-0.1, -0.05) is 0 Å². The van der Waals surface area contributed by atoms with Gasteiger partial charge in [-0.3, -0.25) is 9.78 Å². The smallest absolute Gasteiger partial charge is 0.311 e. The van der Waals surface area contributed by atoms with Crippen molar-refractivity contribution in [2.45, 2.75) is 19.8 Å². The molecule has 0 aliphatic carbocycles. The Bertz CT molecular complexity index is 410. The number of esters is 1. The monoisotopic (exact) mass is 293 g/mol. The van der Waals surface area contributed by atoms with Crippen molar-refractivity contribution >= 4 is 21.9 Å². The first-order valence-corrected chi connectivity index (χ1v) is 5.25.